The minimum absolute atomic E-state index is 0.125. The molecule has 0 radical (unpaired) electrons. The highest BCUT2D eigenvalue weighted by Gasteiger charge is 2.26. The molecule has 114 valence electrons. The normalized spacial score (nSPS) is 17.1. The highest BCUT2D eigenvalue weighted by molar-refractivity contribution is 5.87. The number of carbonyl (C=O) groups excluding carboxylic acids is 2. The highest BCUT2D eigenvalue weighted by Crippen LogP contribution is 2.16. The molecule has 6 heteroatoms. The summed E-state index contributed by atoms with van der Waals surface area (Å²) in [5.41, 5.74) is 6.19. The van der Waals surface area contributed by atoms with Crippen LogP contribution in [0.3, 0.4) is 0 Å². The van der Waals surface area contributed by atoms with Gasteiger partial charge in [0.25, 0.3) is 0 Å². The summed E-state index contributed by atoms with van der Waals surface area (Å²) in [5.74, 6) is -0.689. The van der Waals surface area contributed by atoms with Gasteiger partial charge in [0, 0.05) is 25.6 Å². The van der Waals surface area contributed by atoms with Crippen LogP contribution in [0.15, 0.2) is 24.3 Å². The van der Waals surface area contributed by atoms with E-state index in [9.17, 15) is 14.7 Å². The van der Waals surface area contributed by atoms with E-state index in [1.54, 1.807) is 12.1 Å². The molecule has 4 N–H and O–H groups in total. The van der Waals surface area contributed by atoms with Crippen LogP contribution in [0, 0.1) is 5.92 Å². The van der Waals surface area contributed by atoms with Crippen LogP contribution in [0.1, 0.15) is 18.4 Å². The number of phenolic OH excluding ortho intramolecular Hbond substituents is 1. The lowest BCUT2D eigenvalue weighted by molar-refractivity contribution is -0.132. The second-order valence-corrected chi connectivity index (χ2v) is 5.22. The molecule has 0 aromatic heterocycles. The summed E-state index contributed by atoms with van der Waals surface area (Å²) in [6.45, 7) is 1.13. The van der Waals surface area contributed by atoms with Gasteiger partial charge in [-0.2, -0.15) is 0 Å². The molecule has 1 aliphatic heterocycles. The number of phenols is 1. The quantitative estimate of drug-likeness (QED) is 0.728. The van der Waals surface area contributed by atoms with Crippen molar-refractivity contribution in [2.75, 3.05) is 13.2 Å². The number of hydrogen-bond acceptors (Lipinski definition) is 4. The molecule has 1 aromatic carbocycles. The molecular formula is C15H20N2O4. The van der Waals surface area contributed by atoms with Crippen LogP contribution < -0.4 is 11.1 Å². The van der Waals surface area contributed by atoms with Gasteiger partial charge in [0.2, 0.25) is 11.8 Å². The van der Waals surface area contributed by atoms with Gasteiger partial charge in [-0.15, -0.1) is 0 Å². The number of nitrogens with one attached hydrogen (secondary N) is 1. The number of ether oxygens (including phenoxy) is 1. The van der Waals surface area contributed by atoms with Crippen molar-refractivity contribution in [1.82, 2.24) is 5.32 Å². The Balaban J connectivity index is 1.96. The van der Waals surface area contributed by atoms with Crippen LogP contribution in [-0.4, -0.2) is 36.2 Å². The van der Waals surface area contributed by atoms with Gasteiger partial charge in [-0.05, 0) is 30.5 Å². The molecule has 2 amide bonds. The number of benzene rings is 1. The molecule has 1 fully saturated rings. The minimum atomic E-state index is -0.745. The topological polar surface area (TPSA) is 102 Å². The summed E-state index contributed by atoms with van der Waals surface area (Å²) in [6.07, 6.45) is 1.64. The Kier molecular flexibility index (Phi) is 5.16. The van der Waals surface area contributed by atoms with Gasteiger partial charge in [0.1, 0.15) is 11.8 Å². The average molecular weight is 292 g/mol. The fourth-order valence-electron chi connectivity index (χ4n) is 2.34. The molecule has 6 nitrogen and oxygen atoms in total. The molecule has 0 bridgehead atoms. The predicted molar refractivity (Wildman–Crippen MR) is 76.5 cm³/mol. The Morgan fingerprint density at radius 1 is 1.29 bits per heavy atom. The Hall–Kier alpha value is -2.08. The summed E-state index contributed by atoms with van der Waals surface area (Å²) in [4.78, 5) is 23.7. The molecule has 1 heterocycles. The number of nitrogens with two attached hydrogens (primary N) is 1. The van der Waals surface area contributed by atoms with E-state index in [-0.39, 0.29) is 17.6 Å². The molecule has 0 aliphatic carbocycles. The Labute approximate surface area is 123 Å². The van der Waals surface area contributed by atoms with E-state index in [0.717, 1.165) is 5.56 Å². The first-order valence-corrected chi connectivity index (χ1v) is 7.01. The Morgan fingerprint density at radius 2 is 1.90 bits per heavy atom. The average Bonchev–Trinajstić information content (AvgIpc) is 2.49. The lowest BCUT2D eigenvalue weighted by Gasteiger charge is -2.24. The van der Waals surface area contributed by atoms with Crippen molar-refractivity contribution in [2.45, 2.75) is 25.3 Å². The molecule has 1 aliphatic rings. The van der Waals surface area contributed by atoms with Crippen molar-refractivity contribution >= 4 is 11.8 Å². The highest BCUT2D eigenvalue weighted by atomic mass is 16.5. The number of hydrogen-bond donors (Lipinski definition) is 3. The van der Waals surface area contributed by atoms with Crippen molar-refractivity contribution in [2.24, 2.45) is 11.7 Å². The lowest BCUT2D eigenvalue weighted by Crippen LogP contribution is -2.48. The Morgan fingerprint density at radius 3 is 2.48 bits per heavy atom. The van der Waals surface area contributed by atoms with Crippen LogP contribution in [0.2, 0.25) is 0 Å². The number of rotatable bonds is 5. The van der Waals surface area contributed by atoms with Crippen LogP contribution in [0.5, 0.6) is 5.75 Å². The summed E-state index contributed by atoms with van der Waals surface area (Å²) >= 11 is 0. The third-order valence-corrected chi connectivity index (χ3v) is 3.63. The second kappa shape index (κ2) is 7.08. The van der Waals surface area contributed by atoms with Crippen LogP contribution in [-0.2, 0) is 20.7 Å². The largest absolute Gasteiger partial charge is 0.508 e. The van der Waals surface area contributed by atoms with Crippen LogP contribution in [0.4, 0.5) is 0 Å². The molecule has 21 heavy (non-hydrogen) atoms. The van der Waals surface area contributed by atoms with E-state index < -0.39 is 11.9 Å². The van der Waals surface area contributed by atoms with Crippen molar-refractivity contribution in [3.8, 4) is 5.75 Å². The summed E-state index contributed by atoms with van der Waals surface area (Å²) < 4.78 is 5.21. The maximum absolute atomic E-state index is 12.1. The first-order valence-electron chi connectivity index (χ1n) is 7.01. The van der Waals surface area contributed by atoms with Crippen molar-refractivity contribution in [3.05, 3.63) is 29.8 Å². The van der Waals surface area contributed by atoms with Gasteiger partial charge in [-0.25, -0.2) is 0 Å². The summed E-state index contributed by atoms with van der Waals surface area (Å²) in [6, 6.07) is 5.73. The minimum Gasteiger partial charge on any atom is -0.508 e. The van der Waals surface area contributed by atoms with Gasteiger partial charge in [-0.1, -0.05) is 12.1 Å². The smallest absolute Gasteiger partial charge is 0.240 e. The molecule has 1 saturated heterocycles. The zero-order chi connectivity index (χ0) is 15.2. The van der Waals surface area contributed by atoms with E-state index in [1.165, 1.54) is 12.1 Å². The molecule has 0 unspecified atom stereocenters. The predicted octanol–water partition coefficient (Wildman–Crippen LogP) is 0.331. The molecule has 1 atom stereocenters. The first kappa shape index (κ1) is 15.3. The van der Waals surface area contributed by atoms with Gasteiger partial charge in [-0.3, -0.25) is 9.59 Å². The SMILES string of the molecule is NC(=O)[C@H](Cc1ccc(O)cc1)NC(=O)C1CCOCC1. The maximum atomic E-state index is 12.1. The van der Waals surface area contributed by atoms with E-state index in [0.29, 0.717) is 32.5 Å². The molecule has 2 rings (SSSR count). The Bertz CT molecular complexity index is 495. The van der Waals surface area contributed by atoms with E-state index in [4.69, 9.17) is 10.5 Å². The third kappa shape index (κ3) is 4.46. The summed E-state index contributed by atoms with van der Waals surface area (Å²) in [7, 11) is 0. The van der Waals surface area contributed by atoms with Crippen molar-refractivity contribution in [1.29, 1.82) is 0 Å². The van der Waals surface area contributed by atoms with Crippen LogP contribution >= 0.6 is 0 Å². The summed E-state index contributed by atoms with van der Waals surface area (Å²) in [5, 5.41) is 12.0. The monoisotopic (exact) mass is 292 g/mol. The van der Waals surface area contributed by atoms with Gasteiger partial charge < -0.3 is 20.9 Å². The van der Waals surface area contributed by atoms with Gasteiger partial charge in [0.15, 0.2) is 0 Å². The molecular weight excluding hydrogens is 272 g/mol. The maximum Gasteiger partial charge on any atom is 0.240 e. The van der Waals surface area contributed by atoms with Gasteiger partial charge >= 0.3 is 0 Å². The molecule has 0 spiro atoms. The lowest BCUT2D eigenvalue weighted by atomic mass is 9.98. The second-order valence-electron chi connectivity index (χ2n) is 5.22. The van der Waals surface area contributed by atoms with E-state index in [2.05, 4.69) is 5.32 Å². The third-order valence-electron chi connectivity index (χ3n) is 3.63. The fraction of sp³-hybridized carbons (Fsp3) is 0.467. The molecule has 0 saturated carbocycles. The first-order chi connectivity index (χ1) is 10.1. The van der Waals surface area contributed by atoms with Crippen molar-refractivity contribution < 1.29 is 19.4 Å². The van der Waals surface area contributed by atoms with Crippen molar-refractivity contribution in [3.63, 3.8) is 0 Å². The van der Waals surface area contributed by atoms with Crippen LogP contribution in [0.25, 0.3) is 0 Å². The standard InChI is InChI=1S/C15H20N2O4/c16-14(19)13(9-10-1-3-12(18)4-2-10)17-15(20)11-5-7-21-8-6-11/h1-4,11,13,18H,5-9H2,(H2,16,19)(H,17,20)/t13-/m0/s1. The zero-order valence-electron chi connectivity index (χ0n) is 11.7. The number of amides is 2. The van der Waals surface area contributed by atoms with E-state index in [1.807, 2.05) is 0 Å². The number of carbonyl (C=O) groups is 2. The van der Waals surface area contributed by atoms with E-state index >= 15 is 0 Å². The number of primary amides is 1. The zero-order valence-corrected chi connectivity index (χ0v) is 11.7. The molecule has 1 aromatic rings. The number of aromatic hydroxyl groups is 1. The fourth-order valence-corrected chi connectivity index (χ4v) is 2.34. The van der Waals surface area contributed by atoms with Gasteiger partial charge in [0.05, 0.1) is 0 Å².